The lowest BCUT2D eigenvalue weighted by molar-refractivity contribution is -0.114. The number of methoxy groups -OCH3 is 2. The summed E-state index contributed by atoms with van der Waals surface area (Å²) in [6.07, 6.45) is 0. The molecular weight excluding hydrogens is 402 g/mol. The zero-order valence-corrected chi connectivity index (χ0v) is 18.0. The quantitative estimate of drug-likeness (QED) is 0.638. The summed E-state index contributed by atoms with van der Waals surface area (Å²) in [5.74, 6) is -0.197. The van der Waals surface area contributed by atoms with E-state index in [9.17, 15) is 10.1 Å². The minimum absolute atomic E-state index is 0.00645. The molecule has 1 aliphatic heterocycles. The summed E-state index contributed by atoms with van der Waals surface area (Å²) in [5, 5.41) is 12.4. The first-order valence-corrected chi connectivity index (χ1v) is 10.2. The average molecular weight is 425 g/mol. The van der Waals surface area contributed by atoms with Crippen LogP contribution in [-0.2, 0) is 27.5 Å². The molecule has 160 valence electrons. The molecule has 0 unspecified atom stereocenters. The standard InChI is InChI=1S/C26H23N3O3/c1-31-15-20-12-22-25(21(16-32-2)24(20)18-8-4-3-5-9-18)26(28-14-23(30)29-22)19-10-6-7-17(11-19)13-27/h3-12H,14-16H2,1-2H3,(H,29,30). The smallest absolute Gasteiger partial charge is 0.246 e. The van der Waals surface area contributed by atoms with E-state index in [1.54, 1.807) is 26.4 Å². The Balaban J connectivity index is 2.06. The van der Waals surface area contributed by atoms with Crippen molar-refractivity contribution in [2.75, 3.05) is 26.1 Å². The summed E-state index contributed by atoms with van der Waals surface area (Å²) in [7, 11) is 3.29. The molecular formula is C26H23N3O3. The lowest BCUT2D eigenvalue weighted by Gasteiger charge is -2.22. The number of amides is 1. The second-order valence-corrected chi connectivity index (χ2v) is 7.45. The maximum Gasteiger partial charge on any atom is 0.246 e. The van der Waals surface area contributed by atoms with E-state index in [-0.39, 0.29) is 12.5 Å². The van der Waals surface area contributed by atoms with Crippen LogP contribution in [0.15, 0.2) is 65.7 Å². The van der Waals surface area contributed by atoms with Crippen molar-refractivity contribution in [2.45, 2.75) is 13.2 Å². The predicted octanol–water partition coefficient (Wildman–Crippen LogP) is 4.31. The number of hydrogen-bond donors (Lipinski definition) is 1. The van der Waals surface area contributed by atoms with Crippen LogP contribution in [0.25, 0.3) is 11.1 Å². The molecule has 0 spiro atoms. The predicted molar refractivity (Wildman–Crippen MR) is 124 cm³/mol. The van der Waals surface area contributed by atoms with E-state index in [1.165, 1.54) is 0 Å². The minimum atomic E-state index is -0.197. The zero-order valence-electron chi connectivity index (χ0n) is 18.0. The lowest BCUT2D eigenvalue weighted by Crippen LogP contribution is -2.16. The summed E-state index contributed by atoms with van der Waals surface area (Å²) in [4.78, 5) is 17.2. The SMILES string of the molecule is COCc1cc2c(c(COC)c1-c1ccccc1)C(c1cccc(C#N)c1)=NCC(=O)N2. The number of nitrogens with zero attached hydrogens (tertiary/aromatic N) is 2. The first-order valence-electron chi connectivity index (χ1n) is 10.2. The third-order valence-electron chi connectivity index (χ3n) is 5.32. The Morgan fingerprint density at radius 2 is 1.72 bits per heavy atom. The van der Waals surface area contributed by atoms with Gasteiger partial charge in [0.15, 0.2) is 0 Å². The molecule has 6 heteroatoms. The van der Waals surface area contributed by atoms with Crippen LogP contribution < -0.4 is 5.32 Å². The molecule has 3 aromatic carbocycles. The topological polar surface area (TPSA) is 83.7 Å². The number of benzene rings is 3. The fraction of sp³-hybridized carbons (Fsp3) is 0.192. The van der Waals surface area contributed by atoms with E-state index in [0.717, 1.165) is 33.4 Å². The van der Waals surface area contributed by atoms with E-state index < -0.39 is 0 Å². The van der Waals surface area contributed by atoms with Gasteiger partial charge in [-0.3, -0.25) is 9.79 Å². The van der Waals surface area contributed by atoms with Crippen molar-refractivity contribution < 1.29 is 14.3 Å². The summed E-state index contributed by atoms with van der Waals surface area (Å²) >= 11 is 0. The Morgan fingerprint density at radius 1 is 0.969 bits per heavy atom. The van der Waals surface area contributed by atoms with E-state index in [0.29, 0.717) is 30.2 Å². The number of carbonyl (C=O) groups is 1. The van der Waals surface area contributed by atoms with Crippen LogP contribution in [0, 0.1) is 11.3 Å². The Bertz CT molecular complexity index is 1230. The molecule has 3 aromatic rings. The van der Waals surface area contributed by atoms with Crippen LogP contribution in [-0.4, -0.2) is 32.4 Å². The summed E-state index contributed by atoms with van der Waals surface area (Å²) < 4.78 is 11.1. The van der Waals surface area contributed by atoms with Crippen LogP contribution in [0.3, 0.4) is 0 Å². The highest BCUT2D eigenvalue weighted by atomic mass is 16.5. The molecule has 4 rings (SSSR count). The van der Waals surface area contributed by atoms with Gasteiger partial charge in [-0.15, -0.1) is 0 Å². The molecule has 6 nitrogen and oxygen atoms in total. The minimum Gasteiger partial charge on any atom is -0.380 e. The summed E-state index contributed by atoms with van der Waals surface area (Å²) in [5.41, 5.74) is 7.29. The monoisotopic (exact) mass is 425 g/mol. The maximum absolute atomic E-state index is 12.5. The third-order valence-corrected chi connectivity index (χ3v) is 5.32. The van der Waals surface area contributed by atoms with Gasteiger partial charge in [-0.2, -0.15) is 5.26 Å². The van der Waals surface area contributed by atoms with Crippen LogP contribution in [0.2, 0.25) is 0 Å². The van der Waals surface area contributed by atoms with E-state index >= 15 is 0 Å². The number of fused-ring (bicyclic) bond motifs is 1. The van der Waals surface area contributed by atoms with Gasteiger partial charge in [0.1, 0.15) is 6.54 Å². The van der Waals surface area contributed by atoms with Crippen LogP contribution in [0.4, 0.5) is 5.69 Å². The number of nitrogens with one attached hydrogen (secondary N) is 1. The van der Waals surface area contributed by atoms with Crippen LogP contribution in [0.1, 0.15) is 27.8 Å². The van der Waals surface area contributed by atoms with Crippen molar-refractivity contribution in [1.29, 1.82) is 5.26 Å². The first-order chi connectivity index (χ1) is 15.7. The number of carbonyl (C=O) groups excluding carboxylic acids is 1. The van der Waals surface area contributed by atoms with Crippen molar-refractivity contribution in [3.05, 3.63) is 88.5 Å². The Labute approximate surface area is 187 Å². The number of aliphatic imine (C=N–C) groups is 1. The normalized spacial score (nSPS) is 12.9. The summed E-state index contributed by atoms with van der Waals surface area (Å²) in [6.45, 7) is 0.685. The number of benzodiazepines with no additional fused rings is 1. The molecule has 1 aliphatic rings. The molecule has 0 aromatic heterocycles. The largest absolute Gasteiger partial charge is 0.380 e. The van der Waals surface area contributed by atoms with Crippen molar-refractivity contribution in [3.63, 3.8) is 0 Å². The second kappa shape index (κ2) is 9.56. The Kier molecular flexibility index (Phi) is 6.41. The zero-order chi connectivity index (χ0) is 22.5. The van der Waals surface area contributed by atoms with E-state index in [1.807, 2.05) is 48.5 Å². The number of hydrogen-bond acceptors (Lipinski definition) is 5. The molecule has 32 heavy (non-hydrogen) atoms. The molecule has 0 radical (unpaired) electrons. The second-order valence-electron chi connectivity index (χ2n) is 7.45. The average Bonchev–Trinajstić information content (AvgIpc) is 2.98. The first kappa shape index (κ1) is 21.4. The maximum atomic E-state index is 12.5. The Hall–Kier alpha value is -3.79. The highest BCUT2D eigenvalue weighted by Gasteiger charge is 2.26. The summed E-state index contributed by atoms with van der Waals surface area (Å²) in [6, 6.07) is 21.4. The van der Waals surface area contributed by atoms with Crippen molar-refractivity contribution in [3.8, 4) is 17.2 Å². The van der Waals surface area contributed by atoms with Gasteiger partial charge in [-0.1, -0.05) is 42.5 Å². The molecule has 0 bridgehead atoms. The van der Waals surface area contributed by atoms with Crippen LogP contribution in [0.5, 0.6) is 0 Å². The van der Waals surface area contributed by atoms with Gasteiger partial charge in [0.05, 0.1) is 36.2 Å². The molecule has 0 aliphatic carbocycles. The molecule has 0 saturated heterocycles. The van der Waals surface area contributed by atoms with Gasteiger partial charge in [-0.05, 0) is 40.5 Å². The van der Waals surface area contributed by atoms with Gasteiger partial charge in [0.25, 0.3) is 0 Å². The van der Waals surface area contributed by atoms with E-state index in [2.05, 4.69) is 16.4 Å². The highest BCUT2D eigenvalue weighted by molar-refractivity contribution is 6.21. The molecule has 1 heterocycles. The fourth-order valence-corrected chi connectivity index (χ4v) is 4.08. The molecule has 1 N–H and O–H groups in total. The van der Waals surface area contributed by atoms with E-state index in [4.69, 9.17) is 9.47 Å². The molecule has 1 amide bonds. The van der Waals surface area contributed by atoms with Crippen molar-refractivity contribution in [1.82, 2.24) is 0 Å². The number of nitriles is 1. The molecule has 0 atom stereocenters. The van der Waals surface area contributed by atoms with Gasteiger partial charge < -0.3 is 14.8 Å². The van der Waals surface area contributed by atoms with Gasteiger partial charge in [0.2, 0.25) is 5.91 Å². The Morgan fingerprint density at radius 3 is 2.44 bits per heavy atom. The van der Waals surface area contributed by atoms with Crippen molar-refractivity contribution >= 4 is 17.3 Å². The van der Waals surface area contributed by atoms with Gasteiger partial charge in [0, 0.05) is 25.3 Å². The van der Waals surface area contributed by atoms with Crippen molar-refractivity contribution in [2.24, 2.45) is 4.99 Å². The van der Waals surface area contributed by atoms with Gasteiger partial charge in [-0.25, -0.2) is 0 Å². The highest BCUT2D eigenvalue weighted by Crippen LogP contribution is 2.38. The van der Waals surface area contributed by atoms with Gasteiger partial charge >= 0.3 is 0 Å². The lowest BCUT2D eigenvalue weighted by atomic mass is 9.86. The number of rotatable bonds is 6. The molecule has 0 fully saturated rings. The third kappa shape index (κ3) is 4.17. The number of anilines is 1. The fourth-order valence-electron chi connectivity index (χ4n) is 4.08. The molecule has 0 saturated carbocycles. The van der Waals surface area contributed by atoms with Crippen LogP contribution >= 0.6 is 0 Å². The number of ether oxygens (including phenoxy) is 2.